The Balaban J connectivity index is 2.62. The first-order valence-electron chi connectivity index (χ1n) is 5.10. The van der Waals surface area contributed by atoms with Crippen molar-refractivity contribution < 1.29 is 8.42 Å². The summed E-state index contributed by atoms with van der Waals surface area (Å²) >= 11 is 0. The molecule has 0 spiro atoms. The molecule has 0 saturated heterocycles. The quantitative estimate of drug-likeness (QED) is 0.369. The van der Waals surface area contributed by atoms with Crippen molar-refractivity contribution in [2.75, 3.05) is 42.9 Å². The highest BCUT2D eigenvalue weighted by Crippen LogP contribution is 2.10. The Kier molecular flexibility index (Phi) is 4.64. The van der Waals surface area contributed by atoms with Crippen LogP contribution in [0.5, 0.6) is 0 Å². The molecule has 0 saturated carbocycles. The van der Waals surface area contributed by atoms with Crippen LogP contribution in [0.25, 0.3) is 0 Å². The van der Waals surface area contributed by atoms with Gasteiger partial charge < -0.3 is 16.5 Å². The van der Waals surface area contributed by atoms with Crippen LogP contribution >= 0.6 is 0 Å². The summed E-state index contributed by atoms with van der Waals surface area (Å²) in [5.41, 5.74) is 7.79. The molecule has 0 aliphatic carbocycles. The topological polar surface area (TPSA) is 139 Å². The largest absolute Gasteiger partial charge is 0.369 e. The van der Waals surface area contributed by atoms with Gasteiger partial charge in [0.25, 0.3) is 0 Å². The zero-order chi connectivity index (χ0) is 13.8. The summed E-state index contributed by atoms with van der Waals surface area (Å²) in [5, 5.41) is 2.84. The van der Waals surface area contributed by atoms with Gasteiger partial charge in [-0.25, -0.2) is 18.6 Å². The van der Waals surface area contributed by atoms with E-state index in [1.807, 2.05) is 0 Å². The van der Waals surface area contributed by atoms with Crippen molar-refractivity contribution in [3.05, 3.63) is 6.07 Å². The average molecular weight is 275 g/mol. The van der Waals surface area contributed by atoms with Crippen molar-refractivity contribution >= 4 is 27.6 Å². The van der Waals surface area contributed by atoms with Gasteiger partial charge >= 0.3 is 0 Å². The van der Waals surface area contributed by atoms with Gasteiger partial charge in [-0.05, 0) is 0 Å². The lowest BCUT2D eigenvalue weighted by atomic mass is 10.5. The molecule has 6 N–H and O–H groups in total. The van der Waals surface area contributed by atoms with E-state index in [1.54, 1.807) is 0 Å². The number of nitrogens with zero attached hydrogens (tertiary/aromatic N) is 3. The first-order chi connectivity index (χ1) is 8.35. The second-order valence-corrected chi connectivity index (χ2v) is 5.97. The van der Waals surface area contributed by atoms with Crippen molar-refractivity contribution in [3.8, 4) is 0 Å². The molecule has 0 fully saturated rings. The smallest absolute Gasteiger partial charge is 0.223 e. The maximum Gasteiger partial charge on any atom is 0.223 e. The van der Waals surface area contributed by atoms with Gasteiger partial charge in [-0.2, -0.15) is 9.97 Å². The highest BCUT2D eigenvalue weighted by molar-refractivity contribution is 7.89. The van der Waals surface area contributed by atoms with Crippen LogP contribution in [0.1, 0.15) is 0 Å². The van der Waals surface area contributed by atoms with E-state index in [0.717, 1.165) is 4.31 Å². The van der Waals surface area contributed by atoms with E-state index in [9.17, 15) is 8.42 Å². The molecule has 0 atom stereocenters. The van der Waals surface area contributed by atoms with Crippen LogP contribution in [0.15, 0.2) is 6.07 Å². The number of nitrogens with two attached hydrogens (primary N) is 2. The number of hydrogen-bond acceptors (Lipinski definition) is 8. The summed E-state index contributed by atoms with van der Waals surface area (Å²) in [6.45, 7) is 0.209. The van der Waals surface area contributed by atoms with Crippen LogP contribution in [-0.2, 0) is 10.0 Å². The molecule has 0 aliphatic heterocycles. The van der Waals surface area contributed by atoms with Crippen LogP contribution in [0.3, 0.4) is 0 Å². The Bertz CT molecular complexity index is 502. The minimum absolute atomic E-state index is 0.0448. The minimum atomic E-state index is -3.24. The Morgan fingerprint density at radius 1 is 1.33 bits per heavy atom. The van der Waals surface area contributed by atoms with Gasteiger partial charge in [-0.1, -0.05) is 0 Å². The molecule has 0 bridgehead atoms. The number of aromatic nitrogens is 2. The van der Waals surface area contributed by atoms with Crippen molar-refractivity contribution in [3.63, 3.8) is 0 Å². The maximum absolute atomic E-state index is 11.5. The maximum atomic E-state index is 11.5. The minimum Gasteiger partial charge on any atom is -0.369 e. The van der Waals surface area contributed by atoms with Gasteiger partial charge in [0.05, 0.1) is 5.75 Å². The van der Waals surface area contributed by atoms with Crippen LogP contribution < -0.4 is 22.3 Å². The van der Waals surface area contributed by atoms with Gasteiger partial charge in [0.2, 0.25) is 16.0 Å². The molecule has 10 heteroatoms. The zero-order valence-electron chi connectivity index (χ0n) is 10.2. The third-order valence-corrected chi connectivity index (χ3v) is 3.95. The Labute approximate surface area is 106 Å². The molecule has 1 aromatic rings. The zero-order valence-corrected chi connectivity index (χ0v) is 11.0. The summed E-state index contributed by atoms with van der Waals surface area (Å²) in [6, 6.07) is 1.53. The van der Waals surface area contributed by atoms with Crippen LogP contribution in [-0.4, -0.2) is 49.1 Å². The number of hydrazine groups is 1. The number of anilines is 3. The number of nitrogen functional groups attached to an aromatic ring is 2. The molecular weight excluding hydrogens is 258 g/mol. The molecule has 9 nitrogen and oxygen atoms in total. The van der Waals surface area contributed by atoms with Gasteiger partial charge in [-0.3, -0.25) is 0 Å². The molecule has 0 aromatic carbocycles. The van der Waals surface area contributed by atoms with E-state index in [0.29, 0.717) is 11.6 Å². The lowest BCUT2D eigenvalue weighted by molar-refractivity contribution is 0.521. The third kappa shape index (κ3) is 3.98. The second-order valence-electron chi connectivity index (χ2n) is 3.67. The predicted molar refractivity (Wildman–Crippen MR) is 70.2 cm³/mol. The number of sulfonamides is 1. The number of hydrogen-bond donors (Lipinski definition) is 4. The Hall–Kier alpha value is -1.65. The van der Waals surface area contributed by atoms with Crippen molar-refractivity contribution in [1.29, 1.82) is 0 Å². The average Bonchev–Trinajstić information content (AvgIpc) is 2.27. The van der Waals surface area contributed by atoms with E-state index < -0.39 is 10.0 Å². The molecule has 102 valence electrons. The molecule has 0 radical (unpaired) electrons. The standard InChI is InChI=1S/C8H17N7O2S/c1-15(2)18(16,17)4-3-11-6-5-7(14-10)13-8(9)12-6/h5H,3-4,10H2,1-2H3,(H4,9,11,12,13,14). The second kappa shape index (κ2) is 5.80. The van der Waals surface area contributed by atoms with Gasteiger partial charge in [-0.15, -0.1) is 0 Å². The molecular formula is C8H17N7O2S. The summed E-state index contributed by atoms with van der Waals surface area (Å²) in [4.78, 5) is 7.70. The van der Waals surface area contributed by atoms with E-state index in [1.165, 1.54) is 20.2 Å². The lowest BCUT2D eigenvalue weighted by Crippen LogP contribution is -2.28. The first-order valence-corrected chi connectivity index (χ1v) is 6.71. The monoisotopic (exact) mass is 275 g/mol. The van der Waals surface area contributed by atoms with Gasteiger partial charge in [0.15, 0.2) is 0 Å². The first kappa shape index (κ1) is 14.4. The van der Waals surface area contributed by atoms with Crippen LogP contribution in [0, 0.1) is 0 Å². The molecule has 18 heavy (non-hydrogen) atoms. The summed E-state index contributed by atoms with van der Waals surface area (Å²) < 4.78 is 24.2. The molecule has 1 aromatic heterocycles. The van der Waals surface area contributed by atoms with Crippen molar-refractivity contribution in [2.24, 2.45) is 5.84 Å². The predicted octanol–water partition coefficient (Wildman–Crippen LogP) is -1.35. The normalized spacial score (nSPS) is 11.6. The summed E-state index contributed by atoms with van der Waals surface area (Å²) in [6.07, 6.45) is 0. The fourth-order valence-electron chi connectivity index (χ4n) is 1.12. The SMILES string of the molecule is CN(C)S(=O)(=O)CCNc1cc(NN)nc(N)n1. The lowest BCUT2D eigenvalue weighted by Gasteiger charge is -2.12. The third-order valence-electron chi connectivity index (χ3n) is 2.11. The summed E-state index contributed by atoms with van der Waals surface area (Å²) in [7, 11) is -0.277. The number of nitrogens with one attached hydrogen (secondary N) is 2. The van der Waals surface area contributed by atoms with E-state index in [4.69, 9.17) is 11.6 Å². The molecule has 0 amide bonds. The van der Waals surface area contributed by atoms with Crippen LogP contribution in [0.4, 0.5) is 17.6 Å². The van der Waals surface area contributed by atoms with E-state index >= 15 is 0 Å². The number of rotatable bonds is 6. The summed E-state index contributed by atoms with van der Waals surface area (Å²) in [5.74, 6) is 5.95. The molecule has 1 heterocycles. The Morgan fingerprint density at radius 3 is 2.50 bits per heavy atom. The van der Waals surface area contributed by atoms with Crippen molar-refractivity contribution in [2.45, 2.75) is 0 Å². The highest BCUT2D eigenvalue weighted by Gasteiger charge is 2.12. The molecule has 0 aliphatic rings. The fraction of sp³-hybridized carbons (Fsp3) is 0.500. The highest BCUT2D eigenvalue weighted by atomic mass is 32.2. The van der Waals surface area contributed by atoms with E-state index in [-0.39, 0.29) is 18.2 Å². The van der Waals surface area contributed by atoms with Crippen LogP contribution in [0.2, 0.25) is 0 Å². The van der Waals surface area contributed by atoms with Crippen molar-refractivity contribution in [1.82, 2.24) is 14.3 Å². The Morgan fingerprint density at radius 2 is 1.94 bits per heavy atom. The fourth-order valence-corrected chi connectivity index (χ4v) is 1.85. The van der Waals surface area contributed by atoms with Gasteiger partial charge in [0.1, 0.15) is 11.6 Å². The van der Waals surface area contributed by atoms with E-state index in [2.05, 4.69) is 20.7 Å². The molecule has 1 rings (SSSR count). The van der Waals surface area contributed by atoms with Gasteiger partial charge in [0, 0.05) is 26.7 Å². The molecule has 0 unspecified atom stereocenters.